The molecule has 1 aromatic heterocycles. The van der Waals surface area contributed by atoms with Crippen LogP contribution in [0.25, 0.3) is 11.3 Å². The van der Waals surface area contributed by atoms with Crippen LogP contribution in [0.3, 0.4) is 0 Å². The van der Waals surface area contributed by atoms with E-state index < -0.39 is 42.1 Å². The molecule has 0 radical (unpaired) electrons. The Kier molecular flexibility index (Phi) is 8.63. The fraction of sp³-hybridized carbons (Fsp3) is 0.593. The zero-order valence-electron chi connectivity index (χ0n) is 21.7. The van der Waals surface area contributed by atoms with Gasteiger partial charge >= 0.3 is 12.1 Å². The number of piperidine rings is 1. The first-order valence-corrected chi connectivity index (χ1v) is 13.2. The van der Waals surface area contributed by atoms with E-state index in [2.05, 4.69) is 5.10 Å². The summed E-state index contributed by atoms with van der Waals surface area (Å²) in [5, 5.41) is 14.3. The molecule has 214 valence electrons. The molecule has 0 unspecified atom stereocenters. The number of hydrogen-bond acceptors (Lipinski definition) is 4. The van der Waals surface area contributed by atoms with E-state index in [-0.39, 0.29) is 42.5 Å². The second kappa shape index (κ2) is 11.6. The molecule has 0 bridgehead atoms. The van der Waals surface area contributed by atoms with Gasteiger partial charge in [-0.25, -0.2) is 8.78 Å². The lowest BCUT2D eigenvalue weighted by atomic mass is 9.96. The number of alkyl halides is 5. The molecule has 2 atom stereocenters. The van der Waals surface area contributed by atoms with Gasteiger partial charge in [-0.3, -0.25) is 24.1 Å². The lowest BCUT2D eigenvalue weighted by Crippen LogP contribution is -2.47. The summed E-state index contributed by atoms with van der Waals surface area (Å²) < 4.78 is 71.1. The predicted molar refractivity (Wildman–Crippen MR) is 135 cm³/mol. The summed E-state index contributed by atoms with van der Waals surface area (Å²) in [6.07, 6.45) is -0.834. The van der Waals surface area contributed by atoms with Gasteiger partial charge < -0.3 is 5.11 Å². The van der Waals surface area contributed by atoms with Gasteiger partial charge in [-0.05, 0) is 45.2 Å². The summed E-state index contributed by atoms with van der Waals surface area (Å²) in [6.45, 7) is 1.54. The Balaban J connectivity index is 1.72. The second-order valence-corrected chi connectivity index (χ2v) is 10.5. The van der Waals surface area contributed by atoms with Crippen molar-refractivity contribution in [2.45, 2.75) is 76.1 Å². The Hall–Kier alpha value is -3.02. The van der Waals surface area contributed by atoms with Gasteiger partial charge in [0.05, 0.1) is 35.8 Å². The molecule has 2 aliphatic rings. The van der Waals surface area contributed by atoms with Gasteiger partial charge in [-0.15, -0.1) is 0 Å². The number of anilines is 1. The smallest absolute Gasteiger partial charge is 0.417 e. The summed E-state index contributed by atoms with van der Waals surface area (Å²) in [7, 11) is 0. The number of rotatable bonds is 10. The number of nitrogens with zero attached hydrogens (tertiary/aromatic N) is 4. The minimum absolute atomic E-state index is 0.0333. The number of carbonyl (C=O) groups excluding carboxylic acids is 1. The maximum absolute atomic E-state index is 13.9. The molecule has 12 heteroatoms. The first-order valence-electron chi connectivity index (χ1n) is 13.2. The van der Waals surface area contributed by atoms with Crippen LogP contribution in [-0.2, 0) is 15.8 Å². The lowest BCUT2D eigenvalue weighted by molar-refractivity contribution is -0.142. The third-order valence-corrected chi connectivity index (χ3v) is 7.82. The zero-order valence-corrected chi connectivity index (χ0v) is 21.7. The number of amides is 1. The van der Waals surface area contributed by atoms with Crippen LogP contribution >= 0.6 is 0 Å². The van der Waals surface area contributed by atoms with Gasteiger partial charge in [-0.1, -0.05) is 31.0 Å². The van der Waals surface area contributed by atoms with Crippen molar-refractivity contribution in [3.63, 3.8) is 0 Å². The van der Waals surface area contributed by atoms with E-state index in [4.69, 9.17) is 0 Å². The van der Waals surface area contributed by atoms with Crippen LogP contribution in [0.5, 0.6) is 0 Å². The first kappa shape index (κ1) is 29.0. The highest BCUT2D eigenvalue weighted by Gasteiger charge is 2.38. The maximum Gasteiger partial charge on any atom is 0.417 e. The van der Waals surface area contributed by atoms with E-state index in [9.17, 15) is 36.6 Å². The van der Waals surface area contributed by atoms with Crippen LogP contribution in [0.4, 0.5) is 27.8 Å². The zero-order chi connectivity index (χ0) is 28.4. The quantitative estimate of drug-likeness (QED) is 0.293. The standard InChI is InChI=1S/C27H33F5N4O3/c1-18(25(38)39)22(11-14-34-13-6-12-26(28,29)16-34)35(17-37)24-15-23(36(33-24)19-7-2-3-8-19)20-9-4-5-10-21(20)27(30,31)32/h4-5,9-10,15,17-19,22H,2-3,6-8,11-14,16H2,1H3,(H,38,39)/t18-,22-/m0/s1. The van der Waals surface area contributed by atoms with Gasteiger partial charge in [0, 0.05) is 24.6 Å². The Bertz CT molecular complexity index is 1160. The van der Waals surface area contributed by atoms with Crippen LogP contribution < -0.4 is 4.90 Å². The largest absolute Gasteiger partial charge is 0.481 e. The molecule has 4 rings (SSSR count). The topological polar surface area (TPSA) is 78.7 Å². The van der Waals surface area contributed by atoms with Gasteiger partial charge in [0.25, 0.3) is 5.92 Å². The molecule has 7 nitrogen and oxygen atoms in total. The number of hydrogen-bond donors (Lipinski definition) is 1. The molecule has 1 saturated carbocycles. The Morgan fingerprint density at radius 3 is 2.54 bits per heavy atom. The van der Waals surface area contributed by atoms with Crippen molar-refractivity contribution in [2.24, 2.45) is 5.92 Å². The maximum atomic E-state index is 13.9. The fourth-order valence-corrected chi connectivity index (χ4v) is 5.74. The minimum Gasteiger partial charge on any atom is -0.481 e. The molecule has 1 N–H and O–H groups in total. The average Bonchev–Trinajstić information content (AvgIpc) is 3.55. The number of halogens is 5. The summed E-state index contributed by atoms with van der Waals surface area (Å²) in [6, 6.07) is 5.42. The van der Waals surface area contributed by atoms with E-state index in [1.807, 2.05) is 0 Å². The molecule has 1 amide bonds. The molecule has 1 saturated heterocycles. The van der Waals surface area contributed by atoms with E-state index >= 15 is 0 Å². The highest BCUT2D eigenvalue weighted by atomic mass is 19.4. The van der Waals surface area contributed by atoms with E-state index in [0.29, 0.717) is 32.2 Å². The fourth-order valence-electron chi connectivity index (χ4n) is 5.74. The minimum atomic E-state index is -4.62. The van der Waals surface area contributed by atoms with Crippen molar-refractivity contribution in [3.8, 4) is 11.3 Å². The Labute approximate surface area is 223 Å². The predicted octanol–water partition coefficient (Wildman–Crippen LogP) is 5.86. The van der Waals surface area contributed by atoms with Crippen molar-refractivity contribution in [2.75, 3.05) is 24.5 Å². The molecular weight excluding hydrogens is 523 g/mol. The van der Waals surface area contributed by atoms with Crippen molar-refractivity contribution < 1.29 is 36.6 Å². The van der Waals surface area contributed by atoms with E-state index in [1.54, 1.807) is 4.90 Å². The third kappa shape index (κ3) is 6.59. The molecule has 39 heavy (non-hydrogen) atoms. The number of benzene rings is 1. The molecule has 0 spiro atoms. The van der Waals surface area contributed by atoms with Gasteiger partial charge in [0.15, 0.2) is 5.82 Å². The number of carboxylic acid groups (broad SMARTS) is 1. The molecule has 1 aromatic carbocycles. The average molecular weight is 557 g/mol. The van der Waals surface area contributed by atoms with Crippen LogP contribution in [0.1, 0.15) is 63.5 Å². The molecule has 1 aliphatic carbocycles. The summed E-state index contributed by atoms with van der Waals surface area (Å²) in [4.78, 5) is 27.1. The highest BCUT2D eigenvalue weighted by molar-refractivity contribution is 5.80. The van der Waals surface area contributed by atoms with Gasteiger partial charge in [0.2, 0.25) is 6.41 Å². The van der Waals surface area contributed by atoms with E-state index in [1.165, 1.54) is 35.9 Å². The van der Waals surface area contributed by atoms with Crippen molar-refractivity contribution in [3.05, 3.63) is 35.9 Å². The second-order valence-electron chi connectivity index (χ2n) is 10.5. The SMILES string of the molecule is C[C@H](C(=O)O)[C@H](CCN1CCCC(F)(F)C1)N(C=O)c1cc(-c2ccccc2C(F)(F)F)n(C2CCCC2)n1. The van der Waals surface area contributed by atoms with Crippen molar-refractivity contribution in [1.82, 2.24) is 14.7 Å². The Morgan fingerprint density at radius 1 is 1.23 bits per heavy atom. The summed E-state index contributed by atoms with van der Waals surface area (Å²) >= 11 is 0. The van der Waals surface area contributed by atoms with Crippen LogP contribution in [0.2, 0.25) is 0 Å². The van der Waals surface area contributed by atoms with Crippen molar-refractivity contribution in [1.29, 1.82) is 0 Å². The summed E-state index contributed by atoms with van der Waals surface area (Å²) in [5.41, 5.74) is -0.733. The van der Waals surface area contributed by atoms with E-state index in [0.717, 1.165) is 23.8 Å². The summed E-state index contributed by atoms with van der Waals surface area (Å²) in [5.74, 6) is -5.07. The number of carbonyl (C=O) groups is 2. The molecular formula is C27H33F5N4O3. The third-order valence-electron chi connectivity index (χ3n) is 7.82. The molecule has 1 aliphatic heterocycles. The molecule has 2 aromatic rings. The number of likely N-dealkylation sites (tertiary alicyclic amines) is 1. The van der Waals surface area contributed by atoms with Gasteiger partial charge in [0.1, 0.15) is 0 Å². The first-order chi connectivity index (χ1) is 18.4. The normalized spacial score (nSPS) is 20.1. The van der Waals surface area contributed by atoms with Crippen LogP contribution in [-0.4, -0.2) is 63.8 Å². The number of aliphatic carboxylic acids is 1. The van der Waals surface area contributed by atoms with Crippen LogP contribution in [0, 0.1) is 5.92 Å². The van der Waals surface area contributed by atoms with Crippen LogP contribution in [0.15, 0.2) is 30.3 Å². The number of aromatic nitrogens is 2. The molecule has 2 fully saturated rings. The molecule has 2 heterocycles. The van der Waals surface area contributed by atoms with Crippen molar-refractivity contribution >= 4 is 18.2 Å². The Morgan fingerprint density at radius 2 is 1.92 bits per heavy atom. The monoisotopic (exact) mass is 556 g/mol. The lowest BCUT2D eigenvalue weighted by Gasteiger charge is -2.35. The highest BCUT2D eigenvalue weighted by Crippen LogP contribution is 2.41. The number of carboxylic acids is 1. The van der Waals surface area contributed by atoms with Gasteiger partial charge in [-0.2, -0.15) is 18.3 Å².